The molecule has 0 saturated carbocycles. The molecule has 3 aliphatic rings. The fourth-order valence-corrected chi connectivity index (χ4v) is 6.55. The third-order valence-corrected chi connectivity index (χ3v) is 9.30. The number of ether oxygens (including phenoxy) is 6. The summed E-state index contributed by atoms with van der Waals surface area (Å²) in [6.45, 7) is 7.20. The van der Waals surface area contributed by atoms with Gasteiger partial charge in [0.1, 0.15) is 23.7 Å². The molecular formula is C39H50O6. The number of epoxide rings is 2. The Balaban J connectivity index is 1.20. The summed E-state index contributed by atoms with van der Waals surface area (Å²) in [4.78, 5) is 0. The summed E-state index contributed by atoms with van der Waals surface area (Å²) in [5.41, 5.74) is 5.09. The van der Waals surface area contributed by atoms with Crippen LogP contribution in [0.5, 0.6) is 11.5 Å². The lowest BCUT2D eigenvalue weighted by Gasteiger charge is -2.33. The summed E-state index contributed by atoms with van der Waals surface area (Å²) in [6, 6.07) is 26.3. The van der Waals surface area contributed by atoms with Crippen LogP contribution in [-0.2, 0) is 30.8 Å². The van der Waals surface area contributed by atoms with Gasteiger partial charge in [-0.2, -0.15) is 0 Å². The molecule has 0 bridgehead atoms. The van der Waals surface area contributed by atoms with Crippen LogP contribution in [-0.4, -0.2) is 51.2 Å². The van der Waals surface area contributed by atoms with Crippen LogP contribution in [0.1, 0.15) is 93.9 Å². The van der Waals surface area contributed by atoms with Gasteiger partial charge in [0, 0.05) is 18.3 Å². The second-order valence-electron chi connectivity index (χ2n) is 12.8. The zero-order chi connectivity index (χ0) is 30.9. The summed E-state index contributed by atoms with van der Waals surface area (Å²) in [6.07, 6.45) is 10.6. The van der Waals surface area contributed by atoms with E-state index in [0.29, 0.717) is 13.2 Å². The summed E-state index contributed by atoms with van der Waals surface area (Å²) in [7, 11) is 0. The predicted octanol–water partition coefficient (Wildman–Crippen LogP) is 8.37. The third kappa shape index (κ3) is 8.48. The van der Waals surface area contributed by atoms with E-state index in [4.69, 9.17) is 28.4 Å². The third-order valence-electron chi connectivity index (χ3n) is 9.30. The molecule has 3 aromatic carbocycles. The average molecular weight is 615 g/mol. The number of unbranched alkanes of at least 4 members (excludes halogenated alkanes) is 4. The molecule has 0 N–H and O–H groups in total. The molecule has 2 aliphatic heterocycles. The van der Waals surface area contributed by atoms with E-state index in [-0.39, 0.29) is 30.2 Å². The van der Waals surface area contributed by atoms with Gasteiger partial charge in [0.2, 0.25) is 0 Å². The van der Waals surface area contributed by atoms with E-state index < -0.39 is 0 Å². The molecule has 242 valence electrons. The van der Waals surface area contributed by atoms with Crippen molar-refractivity contribution in [2.45, 2.75) is 108 Å². The Kier molecular flexibility index (Phi) is 11.1. The number of benzene rings is 3. The van der Waals surface area contributed by atoms with E-state index in [1.165, 1.54) is 47.9 Å². The molecular weight excluding hydrogens is 564 g/mol. The Labute approximate surface area is 269 Å². The highest BCUT2D eigenvalue weighted by Crippen LogP contribution is 2.49. The van der Waals surface area contributed by atoms with Crippen molar-refractivity contribution in [2.24, 2.45) is 0 Å². The summed E-state index contributed by atoms with van der Waals surface area (Å²) >= 11 is 0. The van der Waals surface area contributed by atoms with Crippen molar-refractivity contribution in [3.8, 4) is 11.5 Å². The molecule has 2 heterocycles. The zero-order valence-electron chi connectivity index (χ0n) is 27.1. The number of fused-ring (bicyclic) bond motifs is 1. The normalized spacial score (nSPS) is 22.9. The molecule has 0 aromatic heterocycles. The molecule has 6 rings (SSSR count). The fraction of sp³-hybridized carbons (Fsp3) is 0.538. The smallest absolute Gasteiger partial charge is 0.199 e. The highest BCUT2D eigenvalue weighted by atomic mass is 16.7. The first-order valence-electron chi connectivity index (χ1n) is 17.3. The van der Waals surface area contributed by atoms with Crippen LogP contribution in [0.15, 0.2) is 72.8 Å². The van der Waals surface area contributed by atoms with Crippen molar-refractivity contribution >= 4 is 0 Å². The molecule has 4 unspecified atom stereocenters. The highest BCUT2D eigenvalue weighted by Gasteiger charge is 2.41. The number of rotatable bonds is 20. The highest BCUT2D eigenvalue weighted by molar-refractivity contribution is 5.57. The maximum absolute atomic E-state index is 6.38. The molecule has 1 aliphatic carbocycles. The van der Waals surface area contributed by atoms with Crippen molar-refractivity contribution in [1.82, 2.24) is 0 Å². The minimum atomic E-state index is -0.258. The lowest BCUT2D eigenvalue weighted by Crippen LogP contribution is -2.27. The SMILES string of the molecule is CCCCCC(OCC1CO1)Oc1ccc(C2(c3ccc(OC(CCCCC)OCC4CO4)cc3)CCc3ccccc32)cc1. The van der Waals surface area contributed by atoms with Crippen molar-refractivity contribution < 1.29 is 28.4 Å². The first kappa shape index (κ1) is 32.1. The first-order chi connectivity index (χ1) is 22.2. The van der Waals surface area contributed by atoms with E-state index in [0.717, 1.165) is 63.2 Å². The molecule has 0 amide bonds. The van der Waals surface area contributed by atoms with Gasteiger partial charge in [0.05, 0.1) is 26.4 Å². The Hall–Kier alpha value is -2.90. The number of hydrogen-bond donors (Lipinski definition) is 0. The number of aryl methyl sites for hydroxylation is 1. The van der Waals surface area contributed by atoms with Crippen LogP contribution in [0, 0.1) is 0 Å². The molecule has 6 nitrogen and oxygen atoms in total. The molecule has 2 fully saturated rings. The van der Waals surface area contributed by atoms with Gasteiger partial charge in [-0.3, -0.25) is 0 Å². The minimum Gasteiger partial charge on any atom is -0.465 e. The van der Waals surface area contributed by atoms with Gasteiger partial charge in [-0.05, 0) is 72.2 Å². The van der Waals surface area contributed by atoms with E-state index >= 15 is 0 Å². The molecule has 4 atom stereocenters. The number of hydrogen-bond acceptors (Lipinski definition) is 6. The lowest BCUT2D eigenvalue weighted by atomic mass is 9.70. The lowest BCUT2D eigenvalue weighted by molar-refractivity contribution is -0.0895. The predicted molar refractivity (Wildman–Crippen MR) is 176 cm³/mol. The van der Waals surface area contributed by atoms with Crippen LogP contribution < -0.4 is 9.47 Å². The van der Waals surface area contributed by atoms with Gasteiger partial charge in [0.15, 0.2) is 12.6 Å². The molecule has 0 radical (unpaired) electrons. The van der Waals surface area contributed by atoms with Gasteiger partial charge in [-0.25, -0.2) is 0 Å². The van der Waals surface area contributed by atoms with Crippen molar-refractivity contribution in [1.29, 1.82) is 0 Å². The van der Waals surface area contributed by atoms with Crippen molar-refractivity contribution in [3.63, 3.8) is 0 Å². The second kappa shape index (κ2) is 15.6. The van der Waals surface area contributed by atoms with Crippen molar-refractivity contribution in [2.75, 3.05) is 26.4 Å². The summed E-state index contributed by atoms with van der Waals surface area (Å²) < 4.78 is 35.7. The maximum Gasteiger partial charge on any atom is 0.199 e. The molecule has 3 aromatic rings. The maximum atomic E-state index is 6.38. The topological polar surface area (TPSA) is 62.0 Å². The minimum absolute atomic E-state index is 0.223. The quantitative estimate of drug-likeness (QED) is 0.0724. The van der Waals surface area contributed by atoms with E-state index in [2.05, 4.69) is 86.6 Å². The Morgan fingerprint density at radius 2 is 1.16 bits per heavy atom. The largest absolute Gasteiger partial charge is 0.465 e. The van der Waals surface area contributed by atoms with Crippen molar-refractivity contribution in [3.05, 3.63) is 95.1 Å². The van der Waals surface area contributed by atoms with Gasteiger partial charge in [0.25, 0.3) is 0 Å². The monoisotopic (exact) mass is 614 g/mol. The van der Waals surface area contributed by atoms with Gasteiger partial charge in [-0.1, -0.05) is 88.1 Å². The average Bonchev–Trinajstić information content (AvgIpc) is 4.02. The molecule has 45 heavy (non-hydrogen) atoms. The summed E-state index contributed by atoms with van der Waals surface area (Å²) in [5, 5.41) is 0. The molecule has 0 spiro atoms. The van der Waals surface area contributed by atoms with Gasteiger partial charge >= 0.3 is 0 Å². The van der Waals surface area contributed by atoms with Gasteiger partial charge < -0.3 is 28.4 Å². The molecule has 2 saturated heterocycles. The molecule has 6 heteroatoms. The van der Waals surface area contributed by atoms with Crippen LogP contribution in [0.3, 0.4) is 0 Å². The van der Waals surface area contributed by atoms with E-state index in [9.17, 15) is 0 Å². The second-order valence-corrected chi connectivity index (χ2v) is 12.8. The standard InChI is InChI=1S/C39H50O6/c1-3-5-7-13-37(42-27-34-25-40-34)44-32-19-15-30(16-20-32)39(24-23-29-11-9-10-12-36(29)39)31-17-21-33(22-18-31)45-38(14-8-6-4-2)43-28-35-26-41-35/h9-12,15-22,34-35,37-38H,3-8,13-14,23-28H2,1-2H3. The van der Waals surface area contributed by atoms with Crippen LogP contribution in [0.2, 0.25) is 0 Å². The first-order valence-corrected chi connectivity index (χ1v) is 17.3. The van der Waals surface area contributed by atoms with Crippen LogP contribution >= 0.6 is 0 Å². The Morgan fingerprint density at radius 1 is 0.667 bits per heavy atom. The Bertz CT molecular complexity index is 1240. The zero-order valence-corrected chi connectivity index (χ0v) is 27.1. The Morgan fingerprint density at radius 3 is 1.62 bits per heavy atom. The fourth-order valence-electron chi connectivity index (χ4n) is 6.55. The van der Waals surface area contributed by atoms with Gasteiger partial charge in [-0.15, -0.1) is 0 Å². The van der Waals surface area contributed by atoms with E-state index in [1.54, 1.807) is 0 Å². The van der Waals surface area contributed by atoms with Crippen LogP contribution in [0.4, 0.5) is 0 Å². The summed E-state index contributed by atoms with van der Waals surface area (Å²) in [5.74, 6) is 1.68. The van der Waals surface area contributed by atoms with Crippen LogP contribution in [0.25, 0.3) is 0 Å². The van der Waals surface area contributed by atoms with E-state index in [1.807, 2.05) is 0 Å².